The molecule has 0 heterocycles. The highest BCUT2D eigenvalue weighted by molar-refractivity contribution is 5.35. The van der Waals surface area contributed by atoms with E-state index in [9.17, 15) is 5.11 Å². The van der Waals surface area contributed by atoms with E-state index in [0.717, 1.165) is 11.5 Å². The normalized spacial score (nSPS) is 31.5. The second-order valence-electron chi connectivity index (χ2n) is 5.06. The molecule has 0 radical (unpaired) electrons. The molecule has 0 aromatic heterocycles. The molecule has 0 saturated heterocycles. The molecule has 1 aliphatic rings. The van der Waals surface area contributed by atoms with Crippen molar-refractivity contribution >= 4 is 0 Å². The average molecular weight is 204 g/mol. The smallest absolute Gasteiger partial charge is 0.119 e. The van der Waals surface area contributed by atoms with Gasteiger partial charge in [-0.2, -0.15) is 0 Å². The van der Waals surface area contributed by atoms with Gasteiger partial charge in [-0.25, -0.2) is 0 Å². The lowest BCUT2D eigenvalue weighted by molar-refractivity contribution is 0.257. The number of phenolic OH excluding ortho intramolecular Hbond substituents is 1. The molecule has 1 nitrogen and oxygen atoms in total. The molecule has 0 bridgehead atoms. The van der Waals surface area contributed by atoms with E-state index in [1.807, 2.05) is 12.1 Å². The van der Waals surface area contributed by atoms with Gasteiger partial charge in [-0.1, -0.05) is 38.5 Å². The maximum absolute atomic E-state index is 9.85. The third-order valence-corrected chi connectivity index (χ3v) is 3.77. The largest absolute Gasteiger partial charge is 0.508 e. The van der Waals surface area contributed by atoms with Crippen LogP contribution >= 0.6 is 0 Å². The van der Waals surface area contributed by atoms with Crippen molar-refractivity contribution in [1.29, 1.82) is 0 Å². The predicted octanol–water partition coefficient (Wildman–Crippen LogP) is 3.93. The van der Waals surface area contributed by atoms with Crippen LogP contribution in [-0.2, 0) is 0 Å². The van der Waals surface area contributed by atoms with Crippen LogP contribution in [0.3, 0.4) is 0 Å². The van der Waals surface area contributed by atoms with Crippen molar-refractivity contribution in [2.24, 2.45) is 11.8 Å². The van der Waals surface area contributed by atoms with Crippen LogP contribution in [0.4, 0.5) is 0 Å². The van der Waals surface area contributed by atoms with Gasteiger partial charge in [-0.15, -0.1) is 0 Å². The molecule has 0 aliphatic heterocycles. The molecule has 0 spiro atoms. The summed E-state index contributed by atoms with van der Waals surface area (Å²) in [5.41, 5.74) is 1.15. The first-order valence-corrected chi connectivity index (χ1v) is 5.96. The van der Waals surface area contributed by atoms with E-state index in [-0.39, 0.29) is 0 Å². The maximum Gasteiger partial charge on any atom is 0.119 e. The zero-order valence-electron chi connectivity index (χ0n) is 9.61. The minimum absolute atomic E-state index is 0.476. The molecule has 82 valence electrons. The summed E-state index contributed by atoms with van der Waals surface area (Å²) in [5, 5.41) is 9.85. The van der Waals surface area contributed by atoms with Gasteiger partial charge in [0.2, 0.25) is 0 Å². The summed E-state index contributed by atoms with van der Waals surface area (Å²) in [5.74, 6) is 2.58. The minimum atomic E-state index is 0.476. The van der Waals surface area contributed by atoms with Crippen molar-refractivity contribution in [3.63, 3.8) is 0 Å². The number of para-hydroxylation sites is 1. The Morgan fingerprint density at radius 3 is 2.53 bits per heavy atom. The molecule has 1 aliphatic carbocycles. The van der Waals surface area contributed by atoms with Crippen molar-refractivity contribution in [3.8, 4) is 5.75 Å². The van der Waals surface area contributed by atoms with Gasteiger partial charge < -0.3 is 5.11 Å². The van der Waals surface area contributed by atoms with Gasteiger partial charge in [0.1, 0.15) is 5.75 Å². The predicted molar refractivity (Wildman–Crippen MR) is 63.0 cm³/mol. The first-order valence-electron chi connectivity index (χ1n) is 5.96. The van der Waals surface area contributed by atoms with Gasteiger partial charge in [0.15, 0.2) is 0 Å². The van der Waals surface area contributed by atoms with E-state index >= 15 is 0 Å². The summed E-state index contributed by atoms with van der Waals surface area (Å²) in [6.45, 7) is 4.64. The second-order valence-corrected chi connectivity index (χ2v) is 5.06. The molecule has 1 aromatic rings. The fraction of sp³-hybridized carbons (Fsp3) is 0.571. The lowest BCUT2D eigenvalue weighted by atomic mass is 9.72. The summed E-state index contributed by atoms with van der Waals surface area (Å²) >= 11 is 0. The van der Waals surface area contributed by atoms with Crippen molar-refractivity contribution in [2.45, 2.75) is 39.0 Å². The van der Waals surface area contributed by atoms with E-state index in [4.69, 9.17) is 0 Å². The summed E-state index contributed by atoms with van der Waals surface area (Å²) < 4.78 is 0. The average Bonchev–Trinajstić information content (AvgIpc) is 2.20. The van der Waals surface area contributed by atoms with E-state index in [0.29, 0.717) is 17.6 Å². The van der Waals surface area contributed by atoms with Crippen molar-refractivity contribution < 1.29 is 5.11 Å². The van der Waals surface area contributed by atoms with Gasteiger partial charge in [-0.05, 0) is 42.2 Å². The number of benzene rings is 1. The fourth-order valence-corrected chi connectivity index (χ4v) is 2.93. The summed E-state index contributed by atoms with van der Waals surface area (Å²) in [7, 11) is 0. The van der Waals surface area contributed by atoms with E-state index in [1.165, 1.54) is 19.3 Å². The van der Waals surface area contributed by atoms with Crippen LogP contribution in [0.1, 0.15) is 44.6 Å². The molecule has 0 amide bonds. The quantitative estimate of drug-likeness (QED) is 0.734. The van der Waals surface area contributed by atoms with Crippen LogP contribution < -0.4 is 0 Å². The zero-order chi connectivity index (χ0) is 10.8. The Kier molecular flexibility index (Phi) is 2.99. The third-order valence-electron chi connectivity index (χ3n) is 3.77. The molecule has 1 N–H and O–H groups in total. The number of hydrogen-bond donors (Lipinski definition) is 1. The van der Waals surface area contributed by atoms with Crippen molar-refractivity contribution in [2.75, 3.05) is 0 Å². The lowest BCUT2D eigenvalue weighted by Crippen LogP contribution is -2.19. The Hall–Kier alpha value is -0.980. The maximum atomic E-state index is 9.85. The summed E-state index contributed by atoms with van der Waals surface area (Å²) in [4.78, 5) is 0. The van der Waals surface area contributed by atoms with Crippen molar-refractivity contribution in [3.05, 3.63) is 29.8 Å². The first kappa shape index (κ1) is 10.5. The van der Waals surface area contributed by atoms with Crippen LogP contribution in [0.5, 0.6) is 5.75 Å². The van der Waals surface area contributed by atoms with Crippen LogP contribution in [0.25, 0.3) is 0 Å². The number of hydrogen-bond acceptors (Lipinski definition) is 1. The van der Waals surface area contributed by atoms with Gasteiger partial charge in [0, 0.05) is 0 Å². The Morgan fingerprint density at radius 1 is 1.13 bits per heavy atom. The van der Waals surface area contributed by atoms with Crippen molar-refractivity contribution in [1.82, 2.24) is 0 Å². The SMILES string of the molecule is CC1CCC(c2ccccc2O)C(C)C1. The lowest BCUT2D eigenvalue weighted by Gasteiger charge is -2.33. The topological polar surface area (TPSA) is 20.2 Å². The van der Waals surface area contributed by atoms with Crippen LogP contribution in [0, 0.1) is 11.8 Å². The molecular formula is C14H20O. The molecule has 1 heteroatoms. The summed E-state index contributed by atoms with van der Waals surface area (Å²) in [6.07, 6.45) is 3.81. The van der Waals surface area contributed by atoms with Crippen LogP contribution in [-0.4, -0.2) is 5.11 Å². The number of aromatic hydroxyl groups is 1. The Morgan fingerprint density at radius 2 is 1.87 bits per heavy atom. The first-order chi connectivity index (χ1) is 7.18. The molecule has 1 saturated carbocycles. The highest BCUT2D eigenvalue weighted by atomic mass is 16.3. The molecular weight excluding hydrogens is 184 g/mol. The molecule has 1 fully saturated rings. The summed E-state index contributed by atoms with van der Waals surface area (Å²) in [6, 6.07) is 7.81. The molecule has 2 rings (SSSR count). The number of phenols is 1. The highest BCUT2D eigenvalue weighted by Crippen LogP contribution is 2.42. The Balaban J connectivity index is 2.20. The van der Waals surface area contributed by atoms with E-state index in [1.54, 1.807) is 6.07 Å². The van der Waals surface area contributed by atoms with Gasteiger partial charge in [0.25, 0.3) is 0 Å². The molecule has 3 unspecified atom stereocenters. The molecule has 1 aromatic carbocycles. The zero-order valence-corrected chi connectivity index (χ0v) is 9.61. The Labute approximate surface area is 92.1 Å². The minimum Gasteiger partial charge on any atom is -0.508 e. The highest BCUT2D eigenvalue weighted by Gasteiger charge is 2.27. The van der Waals surface area contributed by atoms with Crippen LogP contribution in [0.15, 0.2) is 24.3 Å². The van der Waals surface area contributed by atoms with E-state index in [2.05, 4.69) is 19.9 Å². The molecule has 15 heavy (non-hydrogen) atoms. The fourth-order valence-electron chi connectivity index (χ4n) is 2.93. The monoisotopic (exact) mass is 204 g/mol. The van der Waals surface area contributed by atoms with Crippen LogP contribution in [0.2, 0.25) is 0 Å². The Bertz CT molecular complexity index is 332. The third kappa shape index (κ3) is 2.17. The van der Waals surface area contributed by atoms with Gasteiger partial charge in [-0.3, -0.25) is 0 Å². The second kappa shape index (κ2) is 4.26. The van der Waals surface area contributed by atoms with Gasteiger partial charge >= 0.3 is 0 Å². The number of rotatable bonds is 1. The standard InChI is InChI=1S/C14H20O/c1-10-7-8-12(11(2)9-10)13-5-3-4-6-14(13)15/h3-6,10-12,15H,7-9H2,1-2H3. The van der Waals surface area contributed by atoms with Gasteiger partial charge in [0.05, 0.1) is 0 Å². The van der Waals surface area contributed by atoms with E-state index < -0.39 is 0 Å². The molecule has 3 atom stereocenters.